The van der Waals surface area contributed by atoms with Gasteiger partial charge in [0.25, 0.3) is 0 Å². The Hall–Kier alpha value is -1.93. The molecule has 4 nitrogen and oxygen atoms in total. The quantitative estimate of drug-likeness (QED) is 0.534. The zero-order valence-electron chi connectivity index (χ0n) is 11.7. The maximum Gasteiger partial charge on any atom is 0.210 e. The van der Waals surface area contributed by atoms with Crippen LogP contribution in [-0.2, 0) is 5.75 Å². The molecule has 0 aliphatic rings. The number of hydrogen-bond donors (Lipinski definition) is 1. The molecular formula is C15H11BrF2N4S. The highest BCUT2D eigenvalue weighted by Crippen LogP contribution is 2.29. The van der Waals surface area contributed by atoms with Crippen molar-refractivity contribution >= 4 is 27.7 Å². The van der Waals surface area contributed by atoms with Gasteiger partial charge >= 0.3 is 0 Å². The Kier molecular flexibility index (Phi) is 4.63. The molecule has 0 spiro atoms. The molecule has 0 bridgehead atoms. The van der Waals surface area contributed by atoms with E-state index in [0.717, 1.165) is 16.1 Å². The number of hydrogen-bond acceptors (Lipinski definition) is 4. The number of aromatic nitrogens is 3. The van der Waals surface area contributed by atoms with Crippen LogP contribution < -0.4 is 5.84 Å². The first kappa shape index (κ1) is 15.9. The van der Waals surface area contributed by atoms with E-state index in [0.29, 0.717) is 11.0 Å². The van der Waals surface area contributed by atoms with Gasteiger partial charge in [0.15, 0.2) is 17.5 Å². The molecule has 3 rings (SSSR count). The normalized spacial score (nSPS) is 10.9. The van der Waals surface area contributed by atoms with Gasteiger partial charge in [-0.25, -0.2) is 13.5 Å². The van der Waals surface area contributed by atoms with Crippen molar-refractivity contribution in [1.29, 1.82) is 0 Å². The van der Waals surface area contributed by atoms with Crippen LogP contribution in [0, 0.1) is 11.6 Å². The number of halogens is 3. The summed E-state index contributed by atoms with van der Waals surface area (Å²) in [5, 5.41) is 8.50. The fourth-order valence-electron chi connectivity index (χ4n) is 2.00. The van der Waals surface area contributed by atoms with Crippen LogP contribution in [0.2, 0.25) is 0 Å². The summed E-state index contributed by atoms with van der Waals surface area (Å²) in [6.45, 7) is 0. The van der Waals surface area contributed by atoms with Crippen LogP contribution in [0.1, 0.15) is 5.56 Å². The Bertz CT molecular complexity index is 853. The fourth-order valence-corrected chi connectivity index (χ4v) is 3.30. The molecule has 0 saturated carbocycles. The molecule has 8 heteroatoms. The summed E-state index contributed by atoms with van der Waals surface area (Å²) in [4.78, 5) is 0. The highest BCUT2D eigenvalue weighted by Gasteiger charge is 2.15. The minimum atomic E-state index is -0.869. The van der Waals surface area contributed by atoms with Crippen LogP contribution in [0.5, 0.6) is 0 Å². The Balaban J connectivity index is 1.83. The minimum Gasteiger partial charge on any atom is -0.335 e. The van der Waals surface area contributed by atoms with Gasteiger partial charge in [-0.05, 0) is 18.2 Å². The van der Waals surface area contributed by atoms with E-state index in [-0.39, 0.29) is 11.3 Å². The smallest absolute Gasteiger partial charge is 0.210 e. The van der Waals surface area contributed by atoms with Crippen molar-refractivity contribution in [3.05, 3.63) is 64.1 Å². The van der Waals surface area contributed by atoms with Crippen molar-refractivity contribution < 1.29 is 8.78 Å². The highest BCUT2D eigenvalue weighted by molar-refractivity contribution is 9.10. The molecular weight excluding hydrogens is 386 g/mol. The molecule has 0 aliphatic heterocycles. The van der Waals surface area contributed by atoms with Crippen molar-refractivity contribution in [3.63, 3.8) is 0 Å². The second-order valence-electron chi connectivity index (χ2n) is 4.66. The first-order valence-corrected chi connectivity index (χ1v) is 8.37. The lowest BCUT2D eigenvalue weighted by Crippen LogP contribution is -2.11. The first-order valence-electron chi connectivity index (χ1n) is 6.59. The molecule has 118 valence electrons. The minimum absolute atomic E-state index is 0.203. The molecule has 0 unspecified atom stereocenters. The Labute approximate surface area is 143 Å². The van der Waals surface area contributed by atoms with Gasteiger partial charge in [0, 0.05) is 21.4 Å². The van der Waals surface area contributed by atoms with Gasteiger partial charge in [-0.3, -0.25) is 0 Å². The molecule has 23 heavy (non-hydrogen) atoms. The van der Waals surface area contributed by atoms with Gasteiger partial charge < -0.3 is 5.84 Å². The maximum atomic E-state index is 13.7. The molecule has 2 aromatic carbocycles. The number of nitrogen functional groups attached to an aromatic ring is 1. The molecule has 0 atom stereocenters. The SMILES string of the molecule is Nn1c(SCc2cccc(F)c2F)nnc1-c1ccccc1Br. The number of thioether (sulfide) groups is 1. The molecule has 1 aromatic heterocycles. The predicted octanol–water partition coefficient (Wildman–Crippen LogP) is 3.99. The third kappa shape index (κ3) is 3.23. The lowest BCUT2D eigenvalue weighted by atomic mass is 10.2. The Morgan fingerprint density at radius 1 is 1.09 bits per heavy atom. The second kappa shape index (κ2) is 6.67. The monoisotopic (exact) mass is 396 g/mol. The van der Waals surface area contributed by atoms with E-state index in [2.05, 4.69) is 26.1 Å². The molecule has 0 saturated heterocycles. The van der Waals surface area contributed by atoms with Crippen molar-refractivity contribution in [2.24, 2.45) is 0 Å². The summed E-state index contributed by atoms with van der Waals surface area (Å²) >= 11 is 4.62. The van der Waals surface area contributed by atoms with E-state index in [4.69, 9.17) is 5.84 Å². The van der Waals surface area contributed by atoms with Gasteiger partial charge in [0.2, 0.25) is 5.16 Å². The second-order valence-corrected chi connectivity index (χ2v) is 6.45. The van der Waals surface area contributed by atoms with Gasteiger partial charge in [-0.15, -0.1) is 10.2 Å². The lowest BCUT2D eigenvalue weighted by molar-refractivity contribution is 0.502. The van der Waals surface area contributed by atoms with Crippen LogP contribution in [-0.4, -0.2) is 14.9 Å². The first-order chi connectivity index (χ1) is 11.1. The van der Waals surface area contributed by atoms with E-state index in [1.807, 2.05) is 24.3 Å². The number of nitrogens with two attached hydrogens (primary N) is 1. The fraction of sp³-hybridized carbons (Fsp3) is 0.0667. The zero-order valence-corrected chi connectivity index (χ0v) is 14.1. The summed E-state index contributed by atoms with van der Waals surface area (Å²) in [6, 6.07) is 11.6. The summed E-state index contributed by atoms with van der Waals surface area (Å²) in [5.74, 6) is 4.99. The largest absolute Gasteiger partial charge is 0.335 e. The third-order valence-corrected chi connectivity index (χ3v) is 4.85. The topological polar surface area (TPSA) is 56.7 Å². The average Bonchev–Trinajstić information content (AvgIpc) is 2.90. The maximum absolute atomic E-state index is 13.7. The van der Waals surface area contributed by atoms with Crippen LogP contribution in [0.25, 0.3) is 11.4 Å². The average molecular weight is 397 g/mol. The molecule has 1 heterocycles. The molecule has 0 radical (unpaired) electrons. The lowest BCUT2D eigenvalue weighted by Gasteiger charge is -2.06. The Morgan fingerprint density at radius 2 is 1.87 bits per heavy atom. The predicted molar refractivity (Wildman–Crippen MR) is 89.2 cm³/mol. The highest BCUT2D eigenvalue weighted by atomic mass is 79.9. The van der Waals surface area contributed by atoms with Crippen molar-refractivity contribution in [1.82, 2.24) is 14.9 Å². The molecule has 0 amide bonds. The Morgan fingerprint density at radius 3 is 2.65 bits per heavy atom. The standard InChI is InChI=1S/C15H11BrF2N4S/c16-11-6-2-1-5-10(11)14-20-21-15(22(14)19)23-8-9-4-3-7-12(17)13(9)18/h1-7H,8,19H2. The van der Waals surface area contributed by atoms with Crippen molar-refractivity contribution in [2.45, 2.75) is 10.9 Å². The van der Waals surface area contributed by atoms with E-state index in [9.17, 15) is 8.78 Å². The third-order valence-electron chi connectivity index (χ3n) is 3.17. The van der Waals surface area contributed by atoms with Crippen LogP contribution in [0.4, 0.5) is 8.78 Å². The van der Waals surface area contributed by atoms with Gasteiger partial charge in [-0.1, -0.05) is 52.0 Å². The van der Waals surface area contributed by atoms with Gasteiger partial charge in [-0.2, -0.15) is 0 Å². The molecule has 3 aromatic rings. The van der Waals surface area contributed by atoms with Crippen LogP contribution >= 0.6 is 27.7 Å². The summed E-state index contributed by atoms with van der Waals surface area (Å²) < 4.78 is 29.0. The number of benzene rings is 2. The summed E-state index contributed by atoms with van der Waals surface area (Å²) in [5.41, 5.74) is 1.05. The van der Waals surface area contributed by atoms with Crippen LogP contribution in [0.3, 0.4) is 0 Å². The van der Waals surface area contributed by atoms with Crippen LogP contribution in [0.15, 0.2) is 52.1 Å². The number of nitrogens with zero attached hydrogens (tertiary/aromatic N) is 3. The molecule has 0 aliphatic carbocycles. The summed E-state index contributed by atoms with van der Waals surface area (Å²) in [7, 11) is 0. The van der Waals surface area contributed by atoms with E-state index in [1.165, 1.54) is 28.6 Å². The zero-order chi connectivity index (χ0) is 16.4. The van der Waals surface area contributed by atoms with Crippen molar-refractivity contribution in [2.75, 3.05) is 5.84 Å². The van der Waals surface area contributed by atoms with Gasteiger partial charge in [0.1, 0.15) is 0 Å². The van der Waals surface area contributed by atoms with E-state index < -0.39 is 11.6 Å². The van der Waals surface area contributed by atoms with E-state index >= 15 is 0 Å². The van der Waals surface area contributed by atoms with Crippen molar-refractivity contribution in [3.8, 4) is 11.4 Å². The molecule has 2 N–H and O–H groups in total. The summed E-state index contributed by atoms with van der Waals surface area (Å²) in [6.07, 6.45) is 0. The van der Waals surface area contributed by atoms with Gasteiger partial charge in [0.05, 0.1) is 0 Å². The molecule has 0 fully saturated rings. The number of rotatable bonds is 4. The van der Waals surface area contributed by atoms with E-state index in [1.54, 1.807) is 0 Å².